The standard InChI is InChI=1S/C19H36N8O7/c1-9(2)6-12(18(33)34)26-16(31)11(4-3-5-24-19(22)23)25-17(32)13(8-28)27-15(30)10(20)7-14(21)29/h9-13,28H,3-8,20H2,1-2H3,(H2,21,29)(H,25,32)(H,26,31)(H,27,30)(H,33,34)(H4,22,23,24). The molecule has 0 aliphatic heterocycles. The second-order valence-electron chi connectivity index (χ2n) is 8.06. The molecule has 0 aromatic heterocycles. The molecule has 0 fully saturated rings. The summed E-state index contributed by atoms with van der Waals surface area (Å²) < 4.78 is 0. The highest BCUT2D eigenvalue weighted by Crippen LogP contribution is 2.07. The number of aliphatic carboxylic acids is 1. The molecule has 0 aromatic carbocycles. The van der Waals surface area contributed by atoms with E-state index in [0.717, 1.165) is 0 Å². The van der Waals surface area contributed by atoms with Crippen molar-refractivity contribution in [1.29, 1.82) is 0 Å². The van der Waals surface area contributed by atoms with Crippen molar-refractivity contribution in [2.75, 3.05) is 13.2 Å². The summed E-state index contributed by atoms with van der Waals surface area (Å²) in [6, 6.07) is -5.25. The molecule has 194 valence electrons. The molecule has 0 rings (SSSR count). The average Bonchev–Trinajstić information content (AvgIpc) is 2.71. The van der Waals surface area contributed by atoms with Crippen LogP contribution in [0.3, 0.4) is 0 Å². The number of aliphatic imine (C=N–C) groups is 1. The van der Waals surface area contributed by atoms with Gasteiger partial charge in [-0.1, -0.05) is 13.8 Å². The Balaban J connectivity index is 5.42. The number of nitrogens with two attached hydrogens (primary N) is 4. The molecule has 4 atom stereocenters. The zero-order chi connectivity index (χ0) is 26.4. The number of primary amides is 1. The molecular weight excluding hydrogens is 452 g/mol. The van der Waals surface area contributed by atoms with Crippen LogP contribution in [-0.2, 0) is 24.0 Å². The van der Waals surface area contributed by atoms with E-state index in [1.54, 1.807) is 13.8 Å². The summed E-state index contributed by atoms with van der Waals surface area (Å²) in [6.45, 7) is 2.87. The van der Waals surface area contributed by atoms with Crippen LogP contribution in [0, 0.1) is 5.92 Å². The van der Waals surface area contributed by atoms with Crippen LogP contribution in [0.4, 0.5) is 0 Å². The second-order valence-corrected chi connectivity index (χ2v) is 8.06. The van der Waals surface area contributed by atoms with Crippen molar-refractivity contribution < 1.29 is 34.2 Å². The fourth-order valence-electron chi connectivity index (χ4n) is 2.79. The fourth-order valence-corrected chi connectivity index (χ4v) is 2.79. The van der Waals surface area contributed by atoms with Crippen molar-refractivity contribution in [2.24, 2.45) is 33.8 Å². The fraction of sp³-hybridized carbons (Fsp3) is 0.684. The zero-order valence-electron chi connectivity index (χ0n) is 19.3. The average molecular weight is 489 g/mol. The van der Waals surface area contributed by atoms with Gasteiger partial charge in [0, 0.05) is 6.54 Å². The molecule has 0 radical (unpaired) electrons. The molecule has 4 unspecified atom stereocenters. The molecule has 15 nitrogen and oxygen atoms in total. The first-order valence-electron chi connectivity index (χ1n) is 10.6. The third kappa shape index (κ3) is 12.5. The molecule has 4 amide bonds. The number of nitrogens with zero attached hydrogens (tertiary/aromatic N) is 1. The number of carbonyl (C=O) groups excluding carboxylic acids is 4. The normalized spacial score (nSPS) is 14.3. The lowest BCUT2D eigenvalue weighted by atomic mass is 10.0. The van der Waals surface area contributed by atoms with Gasteiger partial charge in [-0.05, 0) is 25.2 Å². The molecule has 15 heteroatoms. The van der Waals surface area contributed by atoms with Gasteiger partial charge in [-0.3, -0.25) is 24.2 Å². The minimum absolute atomic E-state index is 0.0235. The van der Waals surface area contributed by atoms with E-state index in [0.29, 0.717) is 0 Å². The molecule has 0 spiro atoms. The van der Waals surface area contributed by atoms with Gasteiger partial charge in [0.1, 0.15) is 18.1 Å². The van der Waals surface area contributed by atoms with Crippen LogP contribution >= 0.6 is 0 Å². The number of guanidine groups is 1. The molecule has 0 aromatic rings. The largest absolute Gasteiger partial charge is 0.480 e. The van der Waals surface area contributed by atoms with Gasteiger partial charge in [0.15, 0.2) is 5.96 Å². The summed E-state index contributed by atoms with van der Waals surface area (Å²) in [4.78, 5) is 63.6. The SMILES string of the molecule is CC(C)CC(NC(=O)C(CCCN=C(N)N)NC(=O)C(CO)NC(=O)C(N)CC(N)=O)C(=O)O. The Kier molecular flexibility index (Phi) is 13.8. The summed E-state index contributed by atoms with van der Waals surface area (Å²) in [5, 5.41) is 25.8. The van der Waals surface area contributed by atoms with Crippen molar-refractivity contribution in [3.8, 4) is 0 Å². The second kappa shape index (κ2) is 15.4. The summed E-state index contributed by atoms with van der Waals surface area (Å²) in [5.41, 5.74) is 21.0. The van der Waals surface area contributed by atoms with Gasteiger partial charge in [0.05, 0.1) is 19.1 Å². The molecule has 0 aliphatic rings. The lowest BCUT2D eigenvalue weighted by Gasteiger charge is -2.24. The number of aliphatic hydroxyl groups excluding tert-OH is 1. The Morgan fingerprint density at radius 2 is 1.41 bits per heavy atom. The van der Waals surface area contributed by atoms with E-state index in [2.05, 4.69) is 20.9 Å². The van der Waals surface area contributed by atoms with Crippen LogP contribution in [0.5, 0.6) is 0 Å². The molecular formula is C19H36N8O7. The van der Waals surface area contributed by atoms with E-state index >= 15 is 0 Å². The maximum Gasteiger partial charge on any atom is 0.326 e. The zero-order valence-corrected chi connectivity index (χ0v) is 19.3. The molecule has 0 bridgehead atoms. The minimum atomic E-state index is -1.50. The molecule has 13 N–H and O–H groups in total. The van der Waals surface area contributed by atoms with Crippen molar-refractivity contribution in [2.45, 2.75) is 63.7 Å². The molecule has 34 heavy (non-hydrogen) atoms. The van der Waals surface area contributed by atoms with E-state index in [9.17, 15) is 34.2 Å². The Bertz CT molecular complexity index is 755. The highest BCUT2D eigenvalue weighted by molar-refractivity contribution is 5.95. The highest BCUT2D eigenvalue weighted by Gasteiger charge is 2.30. The van der Waals surface area contributed by atoms with Gasteiger partial charge in [0.2, 0.25) is 23.6 Å². The monoisotopic (exact) mass is 488 g/mol. The Morgan fingerprint density at radius 1 is 0.882 bits per heavy atom. The summed E-state index contributed by atoms with van der Waals surface area (Å²) in [5.74, 6) is -4.89. The van der Waals surface area contributed by atoms with E-state index in [1.807, 2.05) is 0 Å². The Hall–Kier alpha value is -3.46. The third-order valence-electron chi connectivity index (χ3n) is 4.47. The number of amides is 4. The first-order valence-corrected chi connectivity index (χ1v) is 10.6. The first-order chi connectivity index (χ1) is 15.8. The highest BCUT2D eigenvalue weighted by atomic mass is 16.4. The topological polar surface area (TPSA) is 278 Å². The van der Waals surface area contributed by atoms with Gasteiger partial charge < -0.3 is 49.1 Å². The van der Waals surface area contributed by atoms with Crippen LogP contribution in [-0.4, -0.2) is 83.1 Å². The number of rotatable bonds is 16. The van der Waals surface area contributed by atoms with Crippen molar-refractivity contribution in [3.63, 3.8) is 0 Å². The minimum Gasteiger partial charge on any atom is -0.480 e. The van der Waals surface area contributed by atoms with Crippen molar-refractivity contribution in [1.82, 2.24) is 16.0 Å². The third-order valence-corrected chi connectivity index (χ3v) is 4.47. The number of carboxylic acid groups (broad SMARTS) is 1. The number of aliphatic hydroxyl groups is 1. The molecule has 0 saturated carbocycles. The number of hydrogen-bond acceptors (Lipinski definition) is 8. The summed E-state index contributed by atoms with van der Waals surface area (Å²) in [6.07, 6.45) is -0.0514. The van der Waals surface area contributed by atoms with Gasteiger partial charge in [-0.15, -0.1) is 0 Å². The van der Waals surface area contributed by atoms with Gasteiger partial charge in [-0.25, -0.2) is 4.79 Å². The molecule has 0 aliphatic carbocycles. The van der Waals surface area contributed by atoms with Crippen LogP contribution in [0.1, 0.15) is 39.5 Å². The van der Waals surface area contributed by atoms with Crippen LogP contribution in [0.15, 0.2) is 4.99 Å². The predicted molar refractivity (Wildman–Crippen MR) is 122 cm³/mol. The first kappa shape index (κ1) is 30.5. The Labute approximate surface area is 197 Å². The van der Waals surface area contributed by atoms with Gasteiger partial charge in [0.25, 0.3) is 0 Å². The molecule has 0 heterocycles. The van der Waals surface area contributed by atoms with E-state index < -0.39 is 66.8 Å². The number of hydrogen-bond donors (Lipinski definition) is 9. The number of carbonyl (C=O) groups is 5. The maximum atomic E-state index is 12.8. The Morgan fingerprint density at radius 3 is 1.88 bits per heavy atom. The quantitative estimate of drug-likeness (QED) is 0.0573. The van der Waals surface area contributed by atoms with Crippen LogP contribution < -0.4 is 38.9 Å². The predicted octanol–water partition coefficient (Wildman–Crippen LogP) is -4.18. The van der Waals surface area contributed by atoms with Crippen LogP contribution in [0.25, 0.3) is 0 Å². The maximum absolute atomic E-state index is 12.8. The van der Waals surface area contributed by atoms with E-state index in [4.69, 9.17) is 22.9 Å². The van der Waals surface area contributed by atoms with Crippen molar-refractivity contribution >= 4 is 35.6 Å². The van der Waals surface area contributed by atoms with Gasteiger partial charge in [-0.2, -0.15) is 0 Å². The lowest BCUT2D eigenvalue weighted by Crippen LogP contribution is -2.58. The van der Waals surface area contributed by atoms with Crippen LogP contribution in [0.2, 0.25) is 0 Å². The van der Waals surface area contributed by atoms with Gasteiger partial charge >= 0.3 is 5.97 Å². The van der Waals surface area contributed by atoms with E-state index in [1.165, 1.54) is 0 Å². The number of carboxylic acids is 1. The number of nitrogens with one attached hydrogen (secondary N) is 3. The van der Waals surface area contributed by atoms with Crippen molar-refractivity contribution in [3.05, 3.63) is 0 Å². The molecule has 0 saturated heterocycles. The lowest BCUT2D eigenvalue weighted by molar-refractivity contribution is -0.143. The van der Waals surface area contributed by atoms with E-state index in [-0.39, 0.29) is 37.7 Å². The summed E-state index contributed by atoms with van der Waals surface area (Å²) in [7, 11) is 0. The summed E-state index contributed by atoms with van der Waals surface area (Å²) >= 11 is 0. The smallest absolute Gasteiger partial charge is 0.326 e.